The molecule has 1 unspecified atom stereocenters. The van der Waals surface area contributed by atoms with Crippen molar-refractivity contribution in [1.29, 1.82) is 0 Å². The number of fused-ring (bicyclic) bond motifs is 1. The van der Waals surface area contributed by atoms with E-state index in [1.165, 1.54) is 0 Å². The number of aryl methyl sites for hydroxylation is 1. The van der Waals surface area contributed by atoms with E-state index in [1.807, 2.05) is 18.2 Å². The summed E-state index contributed by atoms with van der Waals surface area (Å²) in [5.74, 6) is -0.0302. The lowest BCUT2D eigenvalue weighted by Crippen LogP contribution is -2.23. The summed E-state index contributed by atoms with van der Waals surface area (Å²) in [6, 6.07) is 11.6. The van der Waals surface area contributed by atoms with Crippen molar-refractivity contribution in [3.8, 4) is 22.8 Å². The van der Waals surface area contributed by atoms with E-state index in [0.717, 1.165) is 67.6 Å². The average Bonchev–Trinajstić information content (AvgIpc) is 3.67. The standard InChI is InChI=1S/C33H36ClFN2O4/c1-19(33(38)39)31(21-6-7-21)22-8-5-20-9-12-28(41-29(20)15-22)24-11-10-23(25-16-30(40-2)36-17-27(25)34)26(32(24)35)18-37-13-3-4-14-37/h5,8,10-11,15-17,19,21,28,31H,3-4,6-7,9,12-14,18H2,1-2H3,(H,38,39)/t19-,28?,31-/m0/s1. The number of aliphatic carboxylic acids is 1. The number of nitrogens with zero attached hydrogens (tertiary/aromatic N) is 2. The Morgan fingerprint density at radius 1 is 1.17 bits per heavy atom. The van der Waals surface area contributed by atoms with Crippen LogP contribution in [0.5, 0.6) is 11.6 Å². The SMILES string of the molecule is COc1cc(-c2ccc(C3CCc4ccc([C@H](C5CC5)[C@H](C)C(=O)O)cc4O3)c(F)c2CN2CCCC2)c(Cl)cn1. The maximum absolute atomic E-state index is 16.6. The van der Waals surface area contributed by atoms with Crippen molar-refractivity contribution in [3.63, 3.8) is 0 Å². The van der Waals surface area contributed by atoms with Crippen LogP contribution in [0.3, 0.4) is 0 Å². The molecule has 1 saturated carbocycles. The predicted molar refractivity (Wildman–Crippen MR) is 156 cm³/mol. The third kappa shape index (κ3) is 5.67. The molecule has 1 aromatic heterocycles. The van der Waals surface area contributed by atoms with E-state index in [0.29, 0.717) is 46.5 Å². The first kappa shape index (κ1) is 28.0. The van der Waals surface area contributed by atoms with Crippen molar-refractivity contribution in [2.45, 2.75) is 64.0 Å². The maximum atomic E-state index is 16.6. The number of likely N-dealkylation sites (tertiary alicyclic amines) is 1. The van der Waals surface area contributed by atoms with Crippen molar-refractivity contribution >= 4 is 17.6 Å². The highest BCUT2D eigenvalue weighted by molar-refractivity contribution is 6.33. The molecular weight excluding hydrogens is 543 g/mol. The first-order valence-electron chi connectivity index (χ1n) is 14.6. The van der Waals surface area contributed by atoms with Crippen LogP contribution < -0.4 is 9.47 Å². The number of rotatable bonds is 9. The molecule has 0 bridgehead atoms. The fourth-order valence-corrected chi connectivity index (χ4v) is 6.79. The molecule has 3 aliphatic rings. The number of methoxy groups -OCH3 is 1. The second-order valence-corrected chi connectivity index (χ2v) is 12.1. The van der Waals surface area contributed by atoms with Gasteiger partial charge in [-0.15, -0.1) is 0 Å². The quantitative estimate of drug-likeness (QED) is 0.285. The Hall–Kier alpha value is -3.16. The number of benzene rings is 2. The van der Waals surface area contributed by atoms with Gasteiger partial charge < -0.3 is 14.6 Å². The van der Waals surface area contributed by atoms with Crippen LogP contribution in [0.15, 0.2) is 42.6 Å². The molecule has 2 aliphatic heterocycles. The Morgan fingerprint density at radius 2 is 1.95 bits per heavy atom. The van der Waals surface area contributed by atoms with Crippen LogP contribution in [0, 0.1) is 17.7 Å². The number of aromatic nitrogens is 1. The minimum atomic E-state index is -0.780. The molecule has 3 atom stereocenters. The van der Waals surface area contributed by atoms with E-state index in [1.54, 1.807) is 26.3 Å². The first-order chi connectivity index (χ1) is 19.8. The third-order valence-corrected chi connectivity index (χ3v) is 9.31. The minimum absolute atomic E-state index is 0.0491. The first-order valence-corrected chi connectivity index (χ1v) is 15.0. The number of carboxylic acid groups (broad SMARTS) is 1. The fraction of sp³-hybridized carbons (Fsp3) is 0.455. The summed E-state index contributed by atoms with van der Waals surface area (Å²) in [6.07, 6.45) is 6.83. The van der Waals surface area contributed by atoms with Gasteiger partial charge in [-0.25, -0.2) is 9.37 Å². The zero-order chi connectivity index (χ0) is 28.7. The van der Waals surface area contributed by atoms with Gasteiger partial charge >= 0.3 is 5.97 Å². The zero-order valence-electron chi connectivity index (χ0n) is 23.5. The second kappa shape index (κ2) is 11.6. The molecule has 2 aromatic carbocycles. The Morgan fingerprint density at radius 3 is 2.66 bits per heavy atom. The Bertz CT molecular complexity index is 1450. The van der Waals surface area contributed by atoms with Crippen LogP contribution in [0.2, 0.25) is 5.02 Å². The van der Waals surface area contributed by atoms with Crippen molar-refractivity contribution in [1.82, 2.24) is 9.88 Å². The van der Waals surface area contributed by atoms with Gasteiger partial charge in [0.1, 0.15) is 17.7 Å². The molecule has 6 nitrogen and oxygen atoms in total. The van der Waals surface area contributed by atoms with Crippen LogP contribution in [0.25, 0.3) is 11.1 Å². The normalized spacial score (nSPS) is 20.2. The van der Waals surface area contributed by atoms with E-state index in [9.17, 15) is 9.90 Å². The summed E-state index contributed by atoms with van der Waals surface area (Å²) >= 11 is 6.57. The van der Waals surface area contributed by atoms with Crippen LogP contribution in [0.1, 0.15) is 73.3 Å². The highest BCUT2D eigenvalue weighted by Crippen LogP contribution is 2.48. The molecule has 216 valence electrons. The number of pyridine rings is 1. The van der Waals surface area contributed by atoms with Gasteiger partial charge in [-0.1, -0.05) is 42.8 Å². The highest BCUT2D eigenvalue weighted by atomic mass is 35.5. The van der Waals surface area contributed by atoms with Gasteiger partial charge in [-0.2, -0.15) is 0 Å². The summed E-state index contributed by atoms with van der Waals surface area (Å²) in [5, 5.41) is 10.2. The largest absolute Gasteiger partial charge is 0.485 e. The van der Waals surface area contributed by atoms with Gasteiger partial charge in [-0.05, 0) is 86.2 Å². The van der Waals surface area contributed by atoms with Gasteiger partial charge in [0.05, 0.1) is 24.2 Å². The number of ether oxygens (including phenoxy) is 2. The van der Waals surface area contributed by atoms with Gasteiger partial charge in [-0.3, -0.25) is 9.69 Å². The summed E-state index contributed by atoms with van der Waals surface area (Å²) in [6.45, 7) is 4.14. The smallest absolute Gasteiger partial charge is 0.306 e. The van der Waals surface area contributed by atoms with Crippen molar-refractivity contribution in [3.05, 3.63) is 75.7 Å². The van der Waals surface area contributed by atoms with Gasteiger partial charge in [0.15, 0.2) is 0 Å². The summed E-state index contributed by atoms with van der Waals surface area (Å²) in [7, 11) is 1.55. The van der Waals surface area contributed by atoms with E-state index in [-0.39, 0.29) is 11.7 Å². The molecule has 2 fully saturated rings. The van der Waals surface area contributed by atoms with Gasteiger partial charge in [0.2, 0.25) is 5.88 Å². The topological polar surface area (TPSA) is 71.9 Å². The van der Waals surface area contributed by atoms with Crippen molar-refractivity contribution < 1.29 is 23.8 Å². The zero-order valence-corrected chi connectivity index (χ0v) is 24.3. The average molecular weight is 579 g/mol. The van der Waals surface area contributed by atoms with Crippen molar-refractivity contribution in [2.24, 2.45) is 11.8 Å². The van der Waals surface area contributed by atoms with E-state index in [4.69, 9.17) is 21.1 Å². The van der Waals surface area contributed by atoms with Crippen molar-refractivity contribution in [2.75, 3.05) is 20.2 Å². The third-order valence-electron chi connectivity index (χ3n) is 9.01. The van der Waals surface area contributed by atoms with E-state index >= 15 is 4.39 Å². The molecule has 6 rings (SSSR count). The molecule has 41 heavy (non-hydrogen) atoms. The van der Waals surface area contributed by atoms with Crippen LogP contribution in [-0.4, -0.2) is 41.2 Å². The number of halogens is 2. The summed E-state index contributed by atoms with van der Waals surface area (Å²) in [5.41, 5.74) is 4.63. The number of hydrogen-bond donors (Lipinski definition) is 1. The lowest BCUT2D eigenvalue weighted by molar-refractivity contribution is -0.142. The summed E-state index contributed by atoms with van der Waals surface area (Å²) in [4.78, 5) is 18.3. The molecule has 3 heterocycles. The Kier molecular flexibility index (Phi) is 7.92. The van der Waals surface area contributed by atoms with Crippen LogP contribution in [0.4, 0.5) is 4.39 Å². The molecule has 0 spiro atoms. The molecule has 8 heteroatoms. The monoisotopic (exact) mass is 578 g/mol. The molecular formula is C33H36ClFN2O4. The van der Waals surface area contributed by atoms with Gasteiger partial charge in [0, 0.05) is 29.3 Å². The molecule has 1 aliphatic carbocycles. The predicted octanol–water partition coefficient (Wildman–Crippen LogP) is 7.43. The lowest BCUT2D eigenvalue weighted by Gasteiger charge is -2.30. The lowest BCUT2D eigenvalue weighted by atomic mass is 9.82. The number of hydrogen-bond acceptors (Lipinski definition) is 5. The fourth-order valence-electron chi connectivity index (χ4n) is 6.59. The molecule has 0 amide bonds. The number of carboxylic acids is 1. The summed E-state index contributed by atoms with van der Waals surface area (Å²) < 4.78 is 28.4. The number of carbonyl (C=O) groups is 1. The Labute approximate surface area is 245 Å². The van der Waals surface area contributed by atoms with Crippen LogP contribution in [-0.2, 0) is 17.8 Å². The minimum Gasteiger partial charge on any atom is -0.485 e. The highest BCUT2D eigenvalue weighted by Gasteiger charge is 2.39. The molecule has 1 N–H and O–H groups in total. The second-order valence-electron chi connectivity index (χ2n) is 11.7. The van der Waals surface area contributed by atoms with Crippen LogP contribution >= 0.6 is 11.6 Å². The van der Waals surface area contributed by atoms with E-state index < -0.39 is 18.0 Å². The Balaban J connectivity index is 1.35. The maximum Gasteiger partial charge on any atom is 0.306 e. The van der Waals surface area contributed by atoms with Gasteiger partial charge in [0.25, 0.3) is 0 Å². The molecule has 1 saturated heterocycles. The van der Waals surface area contributed by atoms with E-state index in [2.05, 4.69) is 22.0 Å². The molecule has 0 radical (unpaired) electrons. The molecule has 3 aromatic rings.